The summed E-state index contributed by atoms with van der Waals surface area (Å²) >= 11 is 0. The normalized spacial score (nSPS) is 26.6. The van der Waals surface area contributed by atoms with Gasteiger partial charge in [-0.15, -0.1) is 0 Å². The van der Waals surface area contributed by atoms with Gasteiger partial charge in [0.15, 0.2) is 0 Å². The molecule has 0 aromatic heterocycles. The average Bonchev–Trinajstić information content (AvgIpc) is 2.16. The zero-order valence-electron chi connectivity index (χ0n) is 11.3. The largest absolute Gasteiger partial charge is 0.337 e. The predicted molar refractivity (Wildman–Crippen MR) is 67.3 cm³/mol. The number of rotatable bonds is 3. The molecule has 1 N–H and O–H groups in total. The molecule has 0 aromatic carbocycles. The maximum Gasteiger partial charge on any atom is 0.219 e. The van der Waals surface area contributed by atoms with E-state index in [0.717, 1.165) is 19.5 Å². The highest BCUT2D eigenvalue weighted by molar-refractivity contribution is 5.73. The Bertz CT molecular complexity index is 238. The Balaban J connectivity index is 2.61. The van der Waals surface area contributed by atoms with Gasteiger partial charge in [-0.25, -0.2) is 0 Å². The summed E-state index contributed by atoms with van der Waals surface area (Å²) in [5.74, 6) is 1.42. The lowest BCUT2D eigenvalue weighted by Crippen LogP contribution is -2.59. The quantitative estimate of drug-likeness (QED) is 0.797. The fourth-order valence-electron chi connectivity index (χ4n) is 2.52. The molecule has 1 rings (SSSR count). The topological polar surface area (TPSA) is 32.3 Å². The van der Waals surface area contributed by atoms with Crippen LogP contribution in [-0.4, -0.2) is 36.0 Å². The van der Waals surface area contributed by atoms with Crippen molar-refractivity contribution in [3.63, 3.8) is 0 Å². The van der Waals surface area contributed by atoms with E-state index in [9.17, 15) is 4.79 Å². The maximum atomic E-state index is 11.6. The fraction of sp³-hybridized carbons (Fsp3) is 0.923. The van der Waals surface area contributed by atoms with E-state index in [4.69, 9.17) is 0 Å². The van der Waals surface area contributed by atoms with Crippen molar-refractivity contribution in [3.8, 4) is 0 Å². The van der Waals surface area contributed by atoms with Crippen LogP contribution in [-0.2, 0) is 4.79 Å². The van der Waals surface area contributed by atoms with Gasteiger partial charge in [-0.05, 0) is 18.3 Å². The van der Waals surface area contributed by atoms with E-state index in [0.29, 0.717) is 23.9 Å². The molecule has 0 radical (unpaired) electrons. The van der Waals surface area contributed by atoms with Crippen molar-refractivity contribution in [2.24, 2.45) is 11.8 Å². The van der Waals surface area contributed by atoms with E-state index >= 15 is 0 Å². The molecule has 1 fully saturated rings. The zero-order valence-corrected chi connectivity index (χ0v) is 11.3. The van der Waals surface area contributed by atoms with Gasteiger partial charge in [-0.1, -0.05) is 27.7 Å². The Labute approximate surface area is 99.6 Å². The molecule has 94 valence electrons. The molecule has 0 bridgehead atoms. The molecule has 1 heterocycles. The molecule has 16 heavy (non-hydrogen) atoms. The highest BCUT2D eigenvalue weighted by atomic mass is 16.2. The van der Waals surface area contributed by atoms with Crippen molar-refractivity contribution < 1.29 is 4.79 Å². The first-order valence-corrected chi connectivity index (χ1v) is 6.42. The van der Waals surface area contributed by atoms with Crippen LogP contribution in [0.3, 0.4) is 0 Å². The Morgan fingerprint density at radius 1 is 1.38 bits per heavy atom. The van der Waals surface area contributed by atoms with E-state index in [-0.39, 0.29) is 5.91 Å². The van der Waals surface area contributed by atoms with Crippen LogP contribution in [0.15, 0.2) is 0 Å². The molecule has 2 unspecified atom stereocenters. The van der Waals surface area contributed by atoms with Crippen LogP contribution in [0.1, 0.15) is 41.0 Å². The second-order valence-corrected chi connectivity index (χ2v) is 5.72. The molecule has 0 saturated carbocycles. The first-order valence-electron chi connectivity index (χ1n) is 6.42. The van der Waals surface area contributed by atoms with Gasteiger partial charge in [0.2, 0.25) is 5.91 Å². The Hall–Kier alpha value is -0.570. The number of carbonyl (C=O) groups excluding carboxylic acids is 1. The number of hydrogen-bond donors (Lipinski definition) is 1. The van der Waals surface area contributed by atoms with Gasteiger partial charge < -0.3 is 10.2 Å². The van der Waals surface area contributed by atoms with Crippen LogP contribution in [0.4, 0.5) is 0 Å². The van der Waals surface area contributed by atoms with Crippen molar-refractivity contribution in [3.05, 3.63) is 0 Å². The minimum absolute atomic E-state index is 0.217. The lowest BCUT2D eigenvalue weighted by molar-refractivity contribution is -0.134. The number of carbonyl (C=O) groups is 1. The highest BCUT2D eigenvalue weighted by Crippen LogP contribution is 2.18. The van der Waals surface area contributed by atoms with Gasteiger partial charge in [-0.2, -0.15) is 0 Å². The summed E-state index contributed by atoms with van der Waals surface area (Å²) < 4.78 is 0. The van der Waals surface area contributed by atoms with Crippen LogP contribution < -0.4 is 5.32 Å². The molecule has 1 aliphatic rings. The third-order valence-corrected chi connectivity index (χ3v) is 3.36. The monoisotopic (exact) mass is 226 g/mol. The van der Waals surface area contributed by atoms with Gasteiger partial charge in [-0.3, -0.25) is 4.79 Å². The second-order valence-electron chi connectivity index (χ2n) is 5.72. The Kier molecular flexibility index (Phi) is 4.78. The summed E-state index contributed by atoms with van der Waals surface area (Å²) in [7, 11) is 0. The molecule has 1 saturated heterocycles. The molecule has 1 aliphatic heterocycles. The van der Waals surface area contributed by atoms with Crippen LogP contribution in [0.25, 0.3) is 0 Å². The van der Waals surface area contributed by atoms with Gasteiger partial charge in [0.25, 0.3) is 0 Å². The maximum absolute atomic E-state index is 11.6. The minimum atomic E-state index is 0.217. The van der Waals surface area contributed by atoms with E-state index in [1.165, 1.54) is 0 Å². The summed E-state index contributed by atoms with van der Waals surface area (Å²) in [4.78, 5) is 13.7. The Morgan fingerprint density at radius 2 is 2.00 bits per heavy atom. The molecule has 1 amide bonds. The molecule has 3 nitrogen and oxygen atoms in total. The van der Waals surface area contributed by atoms with Gasteiger partial charge in [0.1, 0.15) is 0 Å². The predicted octanol–water partition coefficient (Wildman–Crippen LogP) is 1.88. The molecule has 0 aromatic rings. The van der Waals surface area contributed by atoms with Crippen molar-refractivity contribution >= 4 is 5.91 Å². The van der Waals surface area contributed by atoms with Crippen LogP contribution in [0.2, 0.25) is 0 Å². The summed E-state index contributed by atoms with van der Waals surface area (Å²) in [6.07, 6.45) is 1.15. The number of piperazine rings is 1. The van der Waals surface area contributed by atoms with Crippen molar-refractivity contribution in [1.82, 2.24) is 10.2 Å². The highest BCUT2D eigenvalue weighted by Gasteiger charge is 2.31. The SMILES string of the molecule is CC(=O)N1CC(CC(C)C)NCC1C(C)C. The van der Waals surface area contributed by atoms with E-state index < -0.39 is 0 Å². The molecular weight excluding hydrogens is 200 g/mol. The number of amides is 1. The van der Waals surface area contributed by atoms with E-state index in [1.807, 2.05) is 4.90 Å². The summed E-state index contributed by atoms with van der Waals surface area (Å²) in [6.45, 7) is 12.3. The lowest BCUT2D eigenvalue weighted by Gasteiger charge is -2.42. The third-order valence-electron chi connectivity index (χ3n) is 3.36. The summed E-state index contributed by atoms with van der Waals surface area (Å²) in [5.41, 5.74) is 0. The Morgan fingerprint density at radius 3 is 2.44 bits per heavy atom. The smallest absolute Gasteiger partial charge is 0.219 e. The van der Waals surface area contributed by atoms with Crippen molar-refractivity contribution in [2.75, 3.05) is 13.1 Å². The summed E-state index contributed by atoms with van der Waals surface area (Å²) in [5, 5.41) is 3.57. The third kappa shape index (κ3) is 3.48. The second kappa shape index (κ2) is 5.67. The van der Waals surface area contributed by atoms with Gasteiger partial charge in [0, 0.05) is 32.1 Å². The molecule has 0 spiro atoms. The molecular formula is C13H26N2O. The molecule has 0 aliphatic carbocycles. The standard InChI is InChI=1S/C13H26N2O/c1-9(2)6-12-8-15(11(5)16)13(7-14-12)10(3)4/h9-10,12-14H,6-8H2,1-5H3. The number of nitrogens with zero attached hydrogens (tertiary/aromatic N) is 1. The van der Waals surface area contributed by atoms with E-state index in [1.54, 1.807) is 6.92 Å². The van der Waals surface area contributed by atoms with Crippen molar-refractivity contribution in [1.29, 1.82) is 0 Å². The van der Waals surface area contributed by atoms with Crippen LogP contribution >= 0.6 is 0 Å². The molecule has 3 heteroatoms. The molecule has 2 atom stereocenters. The van der Waals surface area contributed by atoms with Crippen molar-refractivity contribution in [2.45, 2.75) is 53.1 Å². The fourth-order valence-corrected chi connectivity index (χ4v) is 2.52. The van der Waals surface area contributed by atoms with E-state index in [2.05, 4.69) is 33.0 Å². The summed E-state index contributed by atoms with van der Waals surface area (Å²) in [6, 6.07) is 0.833. The first-order chi connectivity index (χ1) is 7.41. The van der Waals surface area contributed by atoms with Gasteiger partial charge >= 0.3 is 0 Å². The minimum Gasteiger partial charge on any atom is -0.337 e. The van der Waals surface area contributed by atoms with Crippen LogP contribution in [0.5, 0.6) is 0 Å². The number of nitrogens with one attached hydrogen (secondary N) is 1. The average molecular weight is 226 g/mol. The zero-order chi connectivity index (χ0) is 12.3. The number of hydrogen-bond acceptors (Lipinski definition) is 2. The van der Waals surface area contributed by atoms with Crippen LogP contribution in [0, 0.1) is 11.8 Å². The lowest BCUT2D eigenvalue weighted by atomic mass is 9.95. The first kappa shape index (κ1) is 13.5. The van der Waals surface area contributed by atoms with Gasteiger partial charge in [0.05, 0.1) is 0 Å².